The molecule has 0 aromatic heterocycles. The first kappa shape index (κ1) is 15.3. The highest BCUT2D eigenvalue weighted by molar-refractivity contribution is 7.99. The number of nitrogens with one attached hydrogen (secondary N) is 2. The number of hydrogen-bond donors (Lipinski definition) is 2. The maximum atomic E-state index is 11.7. The molecule has 0 bridgehead atoms. The van der Waals surface area contributed by atoms with E-state index in [9.17, 15) is 8.42 Å². The Morgan fingerprint density at radius 1 is 1.24 bits per heavy atom. The molecule has 0 unspecified atom stereocenters. The van der Waals surface area contributed by atoms with Gasteiger partial charge in [0.25, 0.3) is 0 Å². The third-order valence-electron chi connectivity index (χ3n) is 3.02. The lowest BCUT2D eigenvalue weighted by atomic mass is 10.0. The molecule has 1 saturated heterocycles. The molecule has 0 aromatic rings. The van der Waals surface area contributed by atoms with Crippen LogP contribution < -0.4 is 10.0 Å². The fraction of sp³-hybridized carbons (Fsp3) is 1.00. The first-order valence-corrected chi connectivity index (χ1v) is 9.14. The molecule has 2 N–H and O–H groups in total. The smallest absolute Gasteiger partial charge is 0.211 e. The maximum Gasteiger partial charge on any atom is 0.211 e. The van der Waals surface area contributed by atoms with E-state index in [1.54, 1.807) is 0 Å². The standard InChI is InChI=1S/C11H24N2O2S2/c1-12-6-2-3-9-17(14,15)13-10-11-4-7-16-8-5-11/h11-13H,2-10H2,1H3. The van der Waals surface area contributed by atoms with E-state index in [-0.39, 0.29) is 5.75 Å². The summed E-state index contributed by atoms with van der Waals surface area (Å²) in [5, 5.41) is 3.02. The summed E-state index contributed by atoms with van der Waals surface area (Å²) < 4.78 is 26.1. The fourth-order valence-corrected chi connectivity index (χ4v) is 4.28. The van der Waals surface area contributed by atoms with Gasteiger partial charge in [0.05, 0.1) is 5.75 Å². The van der Waals surface area contributed by atoms with Crippen LogP contribution in [0.5, 0.6) is 0 Å². The van der Waals surface area contributed by atoms with Crippen molar-refractivity contribution in [3.05, 3.63) is 0 Å². The van der Waals surface area contributed by atoms with Crippen molar-refractivity contribution in [3.8, 4) is 0 Å². The molecular weight excluding hydrogens is 256 g/mol. The Morgan fingerprint density at radius 3 is 2.59 bits per heavy atom. The topological polar surface area (TPSA) is 58.2 Å². The third-order valence-corrected chi connectivity index (χ3v) is 5.50. The van der Waals surface area contributed by atoms with E-state index < -0.39 is 10.0 Å². The molecule has 6 heteroatoms. The molecule has 1 rings (SSSR count). The van der Waals surface area contributed by atoms with Crippen LogP contribution >= 0.6 is 11.8 Å². The Hall–Kier alpha value is 0.220. The minimum Gasteiger partial charge on any atom is -0.320 e. The Labute approximate surface area is 109 Å². The second-order valence-corrected chi connectivity index (χ2v) is 7.68. The Morgan fingerprint density at radius 2 is 1.94 bits per heavy atom. The number of unbranched alkanes of at least 4 members (excludes halogenated alkanes) is 1. The van der Waals surface area contributed by atoms with Crippen LogP contribution in [0.15, 0.2) is 0 Å². The van der Waals surface area contributed by atoms with Gasteiger partial charge in [-0.1, -0.05) is 0 Å². The van der Waals surface area contributed by atoms with Crippen LogP contribution in [0.2, 0.25) is 0 Å². The van der Waals surface area contributed by atoms with E-state index in [0.29, 0.717) is 12.5 Å². The summed E-state index contributed by atoms with van der Waals surface area (Å²) in [7, 11) is -1.16. The first-order valence-electron chi connectivity index (χ1n) is 6.34. The molecule has 0 radical (unpaired) electrons. The summed E-state index contributed by atoms with van der Waals surface area (Å²) in [6.07, 6.45) is 3.94. The summed E-state index contributed by atoms with van der Waals surface area (Å²) in [6.45, 7) is 1.52. The minimum absolute atomic E-state index is 0.260. The van der Waals surface area contributed by atoms with Crippen LogP contribution in [0, 0.1) is 5.92 Å². The molecule has 1 aliphatic rings. The zero-order valence-electron chi connectivity index (χ0n) is 10.6. The van der Waals surface area contributed by atoms with Gasteiger partial charge in [-0.05, 0) is 56.7 Å². The van der Waals surface area contributed by atoms with Gasteiger partial charge in [0, 0.05) is 6.54 Å². The van der Waals surface area contributed by atoms with E-state index in [1.165, 1.54) is 11.5 Å². The SMILES string of the molecule is CNCCCCS(=O)(=O)NCC1CCSCC1. The molecular formula is C11H24N2O2S2. The van der Waals surface area contributed by atoms with Crippen LogP contribution in [0.25, 0.3) is 0 Å². The van der Waals surface area contributed by atoms with Crippen molar-refractivity contribution in [3.63, 3.8) is 0 Å². The Kier molecular flexibility index (Phi) is 7.50. The molecule has 0 amide bonds. The van der Waals surface area contributed by atoms with Gasteiger partial charge in [-0.25, -0.2) is 13.1 Å². The van der Waals surface area contributed by atoms with E-state index >= 15 is 0 Å². The normalized spacial score (nSPS) is 18.4. The molecule has 0 spiro atoms. The van der Waals surface area contributed by atoms with Crippen molar-refractivity contribution in [2.24, 2.45) is 5.92 Å². The monoisotopic (exact) mass is 280 g/mol. The second-order valence-electron chi connectivity index (χ2n) is 4.53. The van der Waals surface area contributed by atoms with Crippen molar-refractivity contribution in [2.45, 2.75) is 25.7 Å². The first-order chi connectivity index (χ1) is 8.14. The fourth-order valence-electron chi connectivity index (χ4n) is 1.86. The summed E-state index contributed by atoms with van der Waals surface area (Å²) in [6, 6.07) is 0. The van der Waals surface area contributed by atoms with Gasteiger partial charge in [0.2, 0.25) is 10.0 Å². The number of sulfonamides is 1. The van der Waals surface area contributed by atoms with Crippen LogP contribution in [0.4, 0.5) is 0 Å². The van der Waals surface area contributed by atoms with E-state index in [2.05, 4.69) is 10.0 Å². The zero-order chi connectivity index (χ0) is 12.6. The van der Waals surface area contributed by atoms with E-state index in [1.807, 2.05) is 18.8 Å². The molecule has 4 nitrogen and oxygen atoms in total. The van der Waals surface area contributed by atoms with E-state index in [4.69, 9.17) is 0 Å². The quantitative estimate of drug-likeness (QED) is 0.653. The summed E-state index contributed by atoms with van der Waals surface area (Å²) in [4.78, 5) is 0. The van der Waals surface area contributed by atoms with Gasteiger partial charge in [-0.2, -0.15) is 11.8 Å². The Balaban J connectivity index is 2.14. The van der Waals surface area contributed by atoms with Gasteiger partial charge < -0.3 is 5.32 Å². The van der Waals surface area contributed by atoms with Crippen molar-refractivity contribution in [2.75, 3.05) is 37.4 Å². The van der Waals surface area contributed by atoms with Crippen LogP contribution in [0.3, 0.4) is 0 Å². The van der Waals surface area contributed by atoms with Gasteiger partial charge in [0.1, 0.15) is 0 Å². The Bertz CT molecular complexity index is 288. The van der Waals surface area contributed by atoms with Crippen molar-refractivity contribution < 1.29 is 8.42 Å². The average molecular weight is 280 g/mol. The third kappa shape index (κ3) is 7.28. The van der Waals surface area contributed by atoms with Crippen LogP contribution in [0.1, 0.15) is 25.7 Å². The number of hydrogen-bond acceptors (Lipinski definition) is 4. The van der Waals surface area contributed by atoms with E-state index in [0.717, 1.165) is 32.2 Å². The lowest BCUT2D eigenvalue weighted by Crippen LogP contribution is -2.32. The van der Waals surface area contributed by atoms with Crippen LogP contribution in [-0.2, 0) is 10.0 Å². The highest BCUT2D eigenvalue weighted by Crippen LogP contribution is 2.21. The molecule has 1 fully saturated rings. The maximum absolute atomic E-state index is 11.7. The molecule has 1 aliphatic heterocycles. The molecule has 0 atom stereocenters. The predicted octanol–water partition coefficient (Wildman–Crippen LogP) is 1.05. The van der Waals surface area contributed by atoms with Crippen LogP contribution in [-0.4, -0.2) is 45.8 Å². The predicted molar refractivity (Wildman–Crippen MR) is 75.0 cm³/mol. The lowest BCUT2D eigenvalue weighted by Gasteiger charge is -2.21. The summed E-state index contributed by atoms with van der Waals surface area (Å²) in [5.41, 5.74) is 0. The molecule has 102 valence electrons. The highest BCUT2D eigenvalue weighted by Gasteiger charge is 2.16. The molecule has 0 aliphatic carbocycles. The van der Waals surface area contributed by atoms with Crippen molar-refractivity contribution in [1.82, 2.24) is 10.0 Å². The van der Waals surface area contributed by atoms with Gasteiger partial charge in [-0.3, -0.25) is 0 Å². The summed E-state index contributed by atoms with van der Waals surface area (Å²) >= 11 is 1.97. The van der Waals surface area contributed by atoms with Crippen molar-refractivity contribution in [1.29, 1.82) is 0 Å². The highest BCUT2D eigenvalue weighted by atomic mass is 32.2. The summed E-state index contributed by atoms with van der Waals surface area (Å²) in [5.74, 6) is 3.16. The van der Waals surface area contributed by atoms with Gasteiger partial charge in [0.15, 0.2) is 0 Å². The van der Waals surface area contributed by atoms with Gasteiger partial charge in [-0.15, -0.1) is 0 Å². The number of rotatable bonds is 8. The molecule has 1 heterocycles. The molecule has 0 saturated carbocycles. The average Bonchev–Trinajstić information content (AvgIpc) is 2.34. The van der Waals surface area contributed by atoms with Gasteiger partial charge >= 0.3 is 0 Å². The number of thioether (sulfide) groups is 1. The minimum atomic E-state index is -3.05. The molecule has 17 heavy (non-hydrogen) atoms. The molecule has 0 aromatic carbocycles. The van der Waals surface area contributed by atoms with Crippen molar-refractivity contribution >= 4 is 21.8 Å². The largest absolute Gasteiger partial charge is 0.320 e. The lowest BCUT2D eigenvalue weighted by molar-refractivity contribution is 0.476. The zero-order valence-corrected chi connectivity index (χ0v) is 12.2. The second kappa shape index (κ2) is 8.34.